The molecular weight excluding hydrogens is 278 g/mol. The molecule has 0 atom stereocenters. The van der Waals surface area contributed by atoms with Crippen molar-refractivity contribution < 1.29 is 4.74 Å². The quantitative estimate of drug-likeness (QED) is 0.749. The molecular formula is C13H13N3OS2. The topological polar surface area (TPSA) is 42.8 Å². The first-order chi connectivity index (χ1) is 9.28. The number of hydrogen-bond acceptors (Lipinski definition) is 4. The minimum Gasteiger partial charge on any atom is -0.497 e. The van der Waals surface area contributed by atoms with E-state index in [1.807, 2.05) is 23.7 Å². The summed E-state index contributed by atoms with van der Waals surface area (Å²) in [7, 11) is 1.66. The van der Waals surface area contributed by atoms with Crippen LogP contribution in [0.3, 0.4) is 0 Å². The first-order valence-corrected chi connectivity index (χ1v) is 7.26. The van der Waals surface area contributed by atoms with Gasteiger partial charge in [0.15, 0.2) is 4.77 Å². The standard InChI is InChI=1S/C13H13N3OS2/c1-17-10-2-3-12-11(6-10)15-13(18)16(12)5-4-9-7-19-8-14-9/h2-3,6-8H,4-5H2,1H3,(H,15,18). The zero-order valence-electron chi connectivity index (χ0n) is 10.4. The number of rotatable bonds is 4. The highest BCUT2D eigenvalue weighted by atomic mass is 32.1. The number of nitrogens with zero attached hydrogens (tertiary/aromatic N) is 2. The van der Waals surface area contributed by atoms with Gasteiger partial charge in [-0.1, -0.05) is 0 Å². The van der Waals surface area contributed by atoms with E-state index in [1.54, 1.807) is 18.4 Å². The lowest BCUT2D eigenvalue weighted by atomic mass is 10.3. The van der Waals surface area contributed by atoms with E-state index in [4.69, 9.17) is 17.0 Å². The third kappa shape index (κ3) is 2.41. The predicted molar refractivity (Wildman–Crippen MR) is 79.5 cm³/mol. The normalized spacial score (nSPS) is 11.0. The molecule has 0 aliphatic heterocycles. The average molecular weight is 291 g/mol. The highest BCUT2D eigenvalue weighted by Gasteiger charge is 2.06. The molecule has 0 fully saturated rings. The number of methoxy groups -OCH3 is 1. The maximum absolute atomic E-state index is 5.38. The molecule has 3 rings (SSSR count). The van der Waals surface area contributed by atoms with Crippen LogP contribution < -0.4 is 4.74 Å². The molecule has 0 spiro atoms. The number of aryl methyl sites for hydroxylation is 2. The summed E-state index contributed by atoms with van der Waals surface area (Å²) < 4.78 is 8.05. The fourth-order valence-corrected chi connectivity index (χ4v) is 2.97. The van der Waals surface area contributed by atoms with Gasteiger partial charge in [-0.3, -0.25) is 0 Å². The summed E-state index contributed by atoms with van der Waals surface area (Å²) in [6.07, 6.45) is 0.886. The van der Waals surface area contributed by atoms with Crippen molar-refractivity contribution in [3.63, 3.8) is 0 Å². The zero-order valence-corrected chi connectivity index (χ0v) is 12.1. The molecule has 0 aliphatic carbocycles. The van der Waals surface area contributed by atoms with Crippen molar-refractivity contribution >= 4 is 34.6 Å². The van der Waals surface area contributed by atoms with E-state index < -0.39 is 0 Å². The highest BCUT2D eigenvalue weighted by Crippen LogP contribution is 2.20. The van der Waals surface area contributed by atoms with Crippen LogP contribution in [-0.4, -0.2) is 21.6 Å². The van der Waals surface area contributed by atoms with E-state index in [1.165, 1.54) is 0 Å². The molecule has 3 aromatic rings. The van der Waals surface area contributed by atoms with Crippen LogP contribution in [0.1, 0.15) is 5.69 Å². The average Bonchev–Trinajstić information content (AvgIpc) is 3.02. The molecule has 1 N–H and O–H groups in total. The van der Waals surface area contributed by atoms with Crippen molar-refractivity contribution in [3.8, 4) is 5.75 Å². The van der Waals surface area contributed by atoms with Gasteiger partial charge in [0, 0.05) is 24.4 Å². The largest absolute Gasteiger partial charge is 0.497 e. The molecule has 0 amide bonds. The SMILES string of the molecule is COc1ccc2c(c1)[nH]c(=S)n2CCc1cscn1. The maximum atomic E-state index is 5.38. The number of imidazole rings is 1. The molecule has 0 bridgehead atoms. The van der Waals surface area contributed by atoms with Gasteiger partial charge in [0.05, 0.1) is 29.3 Å². The Morgan fingerprint density at radius 2 is 2.37 bits per heavy atom. The number of benzene rings is 1. The molecule has 19 heavy (non-hydrogen) atoms. The number of nitrogens with one attached hydrogen (secondary N) is 1. The van der Waals surface area contributed by atoms with E-state index in [9.17, 15) is 0 Å². The van der Waals surface area contributed by atoms with E-state index in [-0.39, 0.29) is 0 Å². The van der Waals surface area contributed by atoms with E-state index in [0.29, 0.717) is 0 Å². The molecule has 1 aromatic carbocycles. The highest BCUT2D eigenvalue weighted by molar-refractivity contribution is 7.71. The van der Waals surface area contributed by atoms with Crippen LogP contribution in [-0.2, 0) is 13.0 Å². The van der Waals surface area contributed by atoms with Crippen molar-refractivity contribution in [2.45, 2.75) is 13.0 Å². The smallest absolute Gasteiger partial charge is 0.178 e. The second kappa shape index (κ2) is 5.14. The maximum Gasteiger partial charge on any atom is 0.178 e. The van der Waals surface area contributed by atoms with Gasteiger partial charge in [-0.05, 0) is 24.4 Å². The summed E-state index contributed by atoms with van der Waals surface area (Å²) in [4.78, 5) is 7.51. The van der Waals surface area contributed by atoms with Crippen molar-refractivity contribution in [1.29, 1.82) is 0 Å². The van der Waals surface area contributed by atoms with E-state index in [2.05, 4.69) is 19.9 Å². The Kier molecular flexibility index (Phi) is 3.35. The Balaban J connectivity index is 1.94. The van der Waals surface area contributed by atoms with Gasteiger partial charge in [0.1, 0.15) is 5.75 Å². The van der Waals surface area contributed by atoms with Gasteiger partial charge >= 0.3 is 0 Å². The lowest BCUT2D eigenvalue weighted by Gasteiger charge is -2.04. The van der Waals surface area contributed by atoms with Crippen LogP contribution in [0.25, 0.3) is 11.0 Å². The van der Waals surface area contributed by atoms with Gasteiger partial charge in [0.25, 0.3) is 0 Å². The summed E-state index contributed by atoms with van der Waals surface area (Å²) in [6.45, 7) is 0.828. The predicted octanol–water partition coefficient (Wildman–Crippen LogP) is 3.41. The Morgan fingerprint density at radius 1 is 1.47 bits per heavy atom. The lowest BCUT2D eigenvalue weighted by Crippen LogP contribution is -2.01. The molecule has 0 saturated carbocycles. The molecule has 6 heteroatoms. The van der Waals surface area contributed by atoms with Gasteiger partial charge in [0.2, 0.25) is 0 Å². The first kappa shape index (κ1) is 12.4. The first-order valence-electron chi connectivity index (χ1n) is 5.91. The fraction of sp³-hybridized carbons (Fsp3) is 0.231. The van der Waals surface area contributed by atoms with E-state index in [0.717, 1.165) is 40.2 Å². The second-order valence-corrected chi connectivity index (χ2v) is 5.30. The summed E-state index contributed by atoms with van der Waals surface area (Å²) in [6, 6.07) is 5.94. The number of aromatic nitrogens is 3. The molecule has 0 radical (unpaired) electrons. The van der Waals surface area contributed by atoms with Crippen LogP contribution in [0.4, 0.5) is 0 Å². The van der Waals surface area contributed by atoms with Crippen LogP contribution in [0.15, 0.2) is 29.1 Å². The summed E-state index contributed by atoms with van der Waals surface area (Å²) in [5.74, 6) is 0.829. The molecule has 2 aromatic heterocycles. The summed E-state index contributed by atoms with van der Waals surface area (Å²) >= 11 is 6.99. The van der Waals surface area contributed by atoms with Crippen molar-refractivity contribution in [3.05, 3.63) is 39.6 Å². The van der Waals surface area contributed by atoms with Gasteiger partial charge in [-0.25, -0.2) is 4.98 Å². The molecule has 0 saturated heterocycles. The summed E-state index contributed by atoms with van der Waals surface area (Å²) in [5, 5.41) is 2.07. The minimum atomic E-state index is 0.735. The van der Waals surface area contributed by atoms with Gasteiger partial charge < -0.3 is 14.3 Å². The Labute approximate surface area is 119 Å². The second-order valence-electron chi connectivity index (χ2n) is 4.19. The Bertz CT molecular complexity index is 743. The molecule has 0 aliphatic rings. The number of fused-ring (bicyclic) bond motifs is 1. The van der Waals surface area contributed by atoms with Crippen molar-refractivity contribution in [2.75, 3.05) is 7.11 Å². The molecule has 4 nitrogen and oxygen atoms in total. The van der Waals surface area contributed by atoms with Crippen LogP contribution in [0.2, 0.25) is 0 Å². The van der Waals surface area contributed by atoms with Crippen molar-refractivity contribution in [1.82, 2.24) is 14.5 Å². The third-order valence-electron chi connectivity index (χ3n) is 3.06. The van der Waals surface area contributed by atoms with Crippen molar-refractivity contribution in [2.24, 2.45) is 0 Å². The zero-order chi connectivity index (χ0) is 13.2. The number of aromatic amines is 1. The van der Waals surface area contributed by atoms with E-state index >= 15 is 0 Å². The van der Waals surface area contributed by atoms with Gasteiger partial charge in [-0.15, -0.1) is 11.3 Å². The summed E-state index contributed by atoms with van der Waals surface area (Å²) in [5.41, 5.74) is 5.06. The minimum absolute atomic E-state index is 0.735. The van der Waals surface area contributed by atoms with Crippen LogP contribution >= 0.6 is 23.6 Å². The number of thiazole rings is 1. The number of ether oxygens (including phenoxy) is 1. The number of hydrogen-bond donors (Lipinski definition) is 1. The number of H-pyrrole nitrogens is 1. The van der Waals surface area contributed by atoms with Gasteiger partial charge in [-0.2, -0.15) is 0 Å². The monoisotopic (exact) mass is 291 g/mol. The lowest BCUT2D eigenvalue weighted by molar-refractivity contribution is 0.415. The third-order valence-corrected chi connectivity index (χ3v) is 4.01. The Morgan fingerprint density at radius 3 is 3.11 bits per heavy atom. The molecule has 98 valence electrons. The Hall–Kier alpha value is -1.66. The molecule has 2 heterocycles. The van der Waals surface area contributed by atoms with Crippen LogP contribution in [0.5, 0.6) is 5.75 Å². The fourth-order valence-electron chi connectivity index (χ4n) is 2.08. The van der Waals surface area contributed by atoms with Crippen LogP contribution in [0, 0.1) is 4.77 Å². The molecule has 0 unspecified atom stereocenters.